The molecule has 1 N–H and O–H groups in total. The maximum absolute atomic E-state index is 12.6. The van der Waals surface area contributed by atoms with Crippen LogP contribution in [0, 0.1) is 6.92 Å². The average molecular weight is 411 g/mol. The smallest absolute Gasteiger partial charge is 0.226 e. The molecule has 9 heteroatoms. The highest BCUT2D eigenvalue weighted by Crippen LogP contribution is 2.37. The van der Waals surface area contributed by atoms with E-state index >= 15 is 0 Å². The molecule has 1 fully saturated rings. The Labute approximate surface area is 174 Å². The van der Waals surface area contributed by atoms with Gasteiger partial charge in [0.1, 0.15) is 11.3 Å². The average Bonchev–Trinajstić information content (AvgIpc) is 3.50. The standard InChI is InChI=1S/C21H25N5O4/c1-14-22-20(26-29-14)21(12-3-4-13-21)24-17(27)6-5-7-18-23-19(25-30-18)15-8-10-16(28-2)11-9-15/h8-11H,3-7,12-13H2,1-2H3,(H,24,27). The van der Waals surface area contributed by atoms with Crippen molar-refractivity contribution >= 4 is 5.91 Å². The Bertz CT molecular complexity index is 989. The number of aromatic nitrogens is 4. The van der Waals surface area contributed by atoms with Gasteiger partial charge in [0.05, 0.1) is 7.11 Å². The minimum Gasteiger partial charge on any atom is -0.497 e. The molecule has 0 bridgehead atoms. The van der Waals surface area contributed by atoms with Crippen LogP contribution >= 0.6 is 0 Å². The van der Waals surface area contributed by atoms with Crippen molar-refractivity contribution in [2.45, 2.75) is 57.4 Å². The first kappa shape index (κ1) is 20.1. The first-order chi connectivity index (χ1) is 14.6. The lowest BCUT2D eigenvalue weighted by atomic mass is 9.96. The number of benzene rings is 1. The van der Waals surface area contributed by atoms with E-state index in [2.05, 4.69) is 25.6 Å². The number of carbonyl (C=O) groups is 1. The van der Waals surface area contributed by atoms with Gasteiger partial charge < -0.3 is 19.1 Å². The van der Waals surface area contributed by atoms with E-state index in [1.807, 2.05) is 24.3 Å². The summed E-state index contributed by atoms with van der Waals surface area (Å²) in [6.07, 6.45) is 5.22. The maximum Gasteiger partial charge on any atom is 0.226 e. The summed E-state index contributed by atoms with van der Waals surface area (Å²) < 4.78 is 15.6. The molecule has 3 aromatic rings. The van der Waals surface area contributed by atoms with Crippen molar-refractivity contribution in [3.05, 3.63) is 41.9 Å². The summed E-state index contributed by atoms with van der Waals surface area (Å²) in [7, 11) is 1.62. The molecule has 0 atom stereocenters. The Hall–Kier alpha value is -3.23. The van der Waals surface area contributed by atoms with Crippen LogP contribution in [-0.4, -0.2) is 33.3 Å². The Morgan fingerprint density at radius 2 is 1.90 bits per heavy atom. The van der Waals surface area contributed by atoms with E-state index in [1.165, 1.54) is 0 Å². The molecule has 0 aliphatic heterocycles. The fourth-order valence-corrected chi connectivity index (χ4v) is 3.82. The molecule has 9 nitrogen and oxygen atoms in total. The van der Waals surface area contributed by atoms with Crippen molar-refractivity contribution in [3.63, 3.8) is 0 Å². The number of amides is 1. The molecule has 30 heavy (non-hydrogen) atoms. The summed E-state index contributed by atoms with van der Waals surface area (Å²) in [5, 5.41) is 11.2. The third kappa shape index (κ3) is 4.34. The second-order valence-electron chi connectivity index (χ2n) is 7.57. The zero-order valence-electron chi connectivity index (χ0n) is 17.2. The van der Waals surface area contributed by atoms with Crippen molar-refractivity contribution < 1.29 is 18.6 Å². The lowest BCUT2D eigenvalue weighted by Gasteiger charge is -2.26. The van der Waals surface area contributed by atoms with Crippen LogP contribution in [-0.2, 0) is 16.8 Å². The van der Waals surface area contributed by atoms with Crippen LogP contribution in [0.2, 0.25) is 0 Å². The van der Waals surface area contributed by atoms with Gasteiger partial charge in [-0.2, -0.15) is 9.97 Å². The van der Waals surface area contributed by atoms with Gasteiger partial charge >= 0.3 is 0 Å². The predicted octanol–water partition coefficient (Wildman–Crippen LogP) is 3.35. The number of methoxy groups -OCH3 is 1. The van der Waals surface area contributed by atoms with Crippen molar-refractivity contribution in [1.29, 1.82) is 0 Å². The van der Waals surface area contributed by atoms with Crippen LogP contribution in [0.4, 0.5) is 0 Å². The lowest BCUT2D eigenvalue weighted by Crippen LogP contribution is -2.44. The molecule has 4 rings (SSSR count). The van der Waals surface area contributed by atoms with Crippen molar-refractivity contribution in [1.82, 2.24) is 25.6 Å². The second-order valence-corrected chi connectivity index (χ2v) is 7.57. The fraction of sp³-hybridized carbons (Fsp3) is 0.476. The van der Waals surface area contributed by atoms with Crippen LogP contribution in [0.3, 0.4) is 0 Å². The number of nitrogens with one attached hydrogen (secondary N) is 1. The van der Waals surface area contributed by atoms with Crippen LogP contribution in [0.15, 0.2) is 33.3 Å². The number of carbonyl (C=O) groups excluding carboxylic acids is 1. The summed E-state index contributed by atoms with van der Waals surface area (Å²) in [6.45, 7) is 1.76. The van der Waals surface area contributed by atoms with Gasteiger partial charge in [-0.15, -0.1) is 0 Å². The number of hydrogen-bond acceptors (Lipinski definition) is 8. The molecule has 1 saturated carbocycles. The van der Waals surface area contributed by atoms with Crippen molar-refractivity contribution in [2.24, 2.45) is 0 Å². The Kier molecular flexibility index (Phi) is 5.78. The third-order valence-corrected chi connectivity index (χ3v) is 5.40. The van der Waals surface area contributed by atoms with E-state index in [0.29, 0.717) is 42.7 Å². The van der Waals surface area contributed by atoms with Gasteiger partial charge in [0.15, 0.2) is 5.82 Å². The van der Waals surface area contributed by atoms with Gasteiger partial charge in [-0.25, -0.2) is 0 Å². The van der Waals surface area contributed by atoms with Gasteiger partial charge in [-0.3, -0.25) is 4.79 Å². The molecule has 0 radical (unpaired) electrons. The lowest BCUT2D eigenvalue weighted by molar-refractivity contribution is -0.123. The molecule has 1 aliphatic carbocycles. The van der Waals surface area contributed by atoms with E-state index in [9.17, 15) is 4.79 Å². The maximum atomic E-state index is 12.6. The number of hydrogen-bond donors (Lipinski definition) is 1. The largest absolute Gasteiger partial charge is 0.497 e. The number of aryl methyl sites for hydroxylation is 2. The molecule has 1 aliphatic rings. The molecule has 0 spiro atoms. The van der Waals surface area contributed by atoms with Gasteiger partial charge in [-0.1, -0.05) is 23.2 Å². The molecule has 0 unspecified atom stereocenters. The summed E-state index contributed by atoms with van der Waals surface area (Å²) >= 11 is 0. The van der Waals surface area contributed by atoms with Crippen molar-refractivity contribution in [3.8, 4) is 17.1 Å². The molecule has 0 saturated heterocycles. The summed E-state index contributed by atoms with van der Waals surface area (Å²) in [5.74, 6) is 2.85. The van der Waals surface area contributed by atoms with Gasteiger partial charge in [0.25, 0.3) is 0 Å². The van der Waals surface area contributed by atoms with E-state index in [0.717, 1.165) is 37.0 Å². The molecular weight excluding hydrogens is 386 g/mol. The first-order valence-electron chi connectivity index (χ1n) is 10.2. The predicted molar refractivity (Wildman–Crippen MR) is 107 cm³/mol. The first-order valence-corrected chi connectivity index (χ1v) is 10.2. The fourth-order valence-electron chi connectivity index (χ4n) is 3.82. The number of ether oxygens (including phenoxy) is 1. The highest BCUT2D eigenvalue weighted by molar-refractivity contribution is 5.77. The van der Waals surface area contributed by atoms with Crippen LogP contribution in [0.1, 0.15) is 56.1 Å². The second kappa shape index (κ2) is 8.64. The van der Waals surface area contributed by atoms with Crippen LogP contribution in [0.25, 0.3) is 11.4 Å². The molecule has 1 aromatic carbocycles. The molecule has 158 valence electrons. The zero-order valence-corrected chi connectivity index (χ0v) is 17.2. The van der Waals surface area contributed by atoms with Crippen molar-refractivity contribution in [2.75, 3.05) is 7.11 Å². The van der Waals surface area contributed by atoms with Gasteiger partial charge in [0, 0.05) is 25.3 Å². The summed E-state index contributed by atoms with van der Waals surface area (Å²) in [4.78, 5) is 21.4. The minimum absolute atomic E-state index is 0.0331. The van der Waals surface area contributed by atoms with E-state index < -0.39 is 5.54 Å². The summed E-state index contributed by atoms with van der Waals surface area (Å²) in [5.41, 5.74) is 0.336. The molecule has 2 aromatic heterocycles. The molecule has 1 amide bonds. The monoisotopic (exact) mass is 411 g/mol. The van der Waals surface area contributed by atoms with Gasteiger partial charge in [0.2, 0.25) is 23.5 Å². The van der Waals surface area contributed by atoms with Crippen LogP contribution in [0.5, 0.6) is 5.75 Å². The molecular formula is C21H25N5O4. The molecule has 2 heterocycles. The van der Waals surface area contributed by atoms with Crippen LogP contribution < -0.4 is 10.1 Å². The van der Waals surface area contributed by atoms with E-state index in [-0.39, 0.29) is 5.91 Å². The van der Waals surface area contributed by atoms with E-state index in [1.54, 1.807) is 14.0 Å². The SMILES string of the molecule is COc1ccc(-c2noc(CCCC(=O)NC3(c4noc(C)n4)CCCC3)n2)cc1. The Balaban J connectivity index is 1.31. The quantitative estimate of drug-likeness (QED) is 0.600. The topological polar surface area (TPSA) is 116 Å². The number of nitrogens with zero attached hydrogens (tertiary/aromatic N) is 4. The zero-order chi connectivity index (χ0) is 21.0. The normalized spacial score (nSPS) is 15.3. The minimum atomic E-state index is -0.513. The third-order valence-electron chi connectivity index (χ3n) is 5.40. The Morgan fingerprint density at radius 3 is 2.57 bits per heavy atom. The van der Waals surface area contributed by atoms with Gasteiger partial charge in [-0.05, 0) is 43.5 Å². The highest BCUT2D eigenvalue weighted by atomic mass is 16.5. The Morgan fingerprint density at radius 1 is 1.13 bits per heavy atom. The number of rotatable bonds is 8. The highest BCUT2D eigenvalue weighted by Gasteiger charge is 2.41. The summed E-state index contributed by atoms with van der Waals surface area (Å²) in [6, 6.07) is 7.45. The van der Waals surface area contributed by atoms with E-state index in [4.69, 9.17) is 13.8 Å².